The third kappa shape index (κ3) is 7.49. The number of hydrogen-bond donors (Lipinski definition) is 1. The van der Waals surface area contributed by atoms with Crippen LogP contribution >= 0.6 is 0 Å². The average molecular weight is 615 g/mol. The monoisotopic (exact) mass is 614 g/mol. The molecule has 1 N–H and O–H groups in total. The Bertz CT molecular complexity index is 1570. The van der Waals surface area contributed by atoms with E-state index >= 15 is 4.39 Å². The van der Waals surface area contributed by atoms with E-state index in [1.54, 1.807) is 33.4 Å². The minimum absolute atomic E-state index is 0.00397. The van der Waals surface area contributed by atoms with Crippen molar-refractivity contribution in [2.75, 3.05) is 38.8 Å². The lowest BCUT2D eigenvalue weighted by molar-refractivity contribution is 0.0529. The number of halogens is 1. The third-order valence-electron chi connectivity index (χ3n) is 8.28. The molecule has 2 atom stereocenters. The van der Waals surface area contributed by atoms with Crippen LogP contribution in [0.15, 0.2) is 66.9 Å². The summed E-state index contributed by atoms with van der Waals surface area (Å²) in [5, 5.41) is 9.41. The molecule has 0 bridgehead atoms. The van der Waals surface area contributed by atoms with Gasteiger partial charge in [-0.15, -0.1) is 0 Å². The first-order valence-corrected chi connectivity index (χ1v) is 14.9. The van der Waals surface area contributed by atoms with Crippen molar-refractivity contribution in [3.05, 3.63) is 95.3 Å². The fourth-order valence-corrected chi connectivity index (χ4v) is 5.76. The van der Waals surface area contributed by atoms with E-state index in [-0.39, 0.29) is 17.6 Å². The number of carbonyl (C=O) groups is 1. The van der Waals surface area contributed by atoms with E-state index in [9.17, 15) is 9.90 Å². The minimum Gasteiger partial charge on any atom is -0.497 e. The highest BCUT2D eigenvalue weighted by atomic mass is 19.1. The molecule has 0 saturated carbocycles. The lowest BCUT2D eigenvalue weighted by Gasteiger charge is -2.42. The highest BCUT2D eigenvalue weighted by Crippen LogP contribution is 2.31. The number of amides is 1. The van der Waals surface area contributed by atoms with Crippen LogP contribution < -0.4 is 14.4 Å². The van der Waals surface area contributed by atoms with E-state index in [1.165, 1.54) is 4.90 Å². The predicted molar refractivity (Wildman–Crippen MR) is 170 cm³/mol. The molecule has 236 valence electrons. The first-order chi connectivity index (χ1) is 21.6. The fraction of sp³-hybridized carbons (Fsp3) is 0.353. The quantitative estimate of drug-likeness (QED) is 0.217. The lowest BCUT2D eigenvalue weighted by atomic mass is 10.0. The maximum absolute atomic E-state index is 15.4. The van der Waals surface area contributed by atoms with Gasteiger partial charge in [-0.3, -0.25) is 4.90 Å². The Morgan fingerprint density at radius 2 is 1.60 bits per heavy atom. The molecule has 0 radical (unpaired) electrons. The molecule has 3 heterocycles. The molecular formula is C34H39FN6O4. The summed E-state index contributed by atoms with van der Waals surface area (Å²) in [6, 6.07) is 19.3. The van der Waals surface area contributed by atoms with Crippen molar-refractivity contribution in [1.29, 1.82) is 0 Å². The molecule has 11 heteroatoms. The topological polar surface area (TPSA) is 104 Å². The Kier molecular flexibility index (Phi) is 9.77. The first kappa shape index (κ1) is 31.6. The molecule has 1 saturated heterocycles. The van der Waals surface area contributed by atoms with Crippen molar-refractivity contribution in [2.45, 2.75) is 45.9 Å². The van der Waals surface area contributed by atoms with Gasteiger partial charge >= 0.3 is 6.09 Å². The standard InChI is InChI=1S/C34H39FN6O4/c1-22-19-39(34(42)43)14-15-41(22)23(2)27-16-30(33(35)36-18-27)31-17-32(38-24(3)37-31)40(20-25-6-10-28(44-4)11-7-25)21-26-8-12-29(45-5)13-9-26/h6-13,16-18,22-23H,14-15,19-21H2,1-5H3,(H,42,43)/t22-,23+/m0/s1. The summed E-state index contributed by atoms with van der Waals surface area (Å²) in [5.41, 5.74) is 3.67. The Labute approximate surface area is 263 Å². The second-order valence-corrected chi connectivity index (χ2v) is 11.3. The number of benzene rings is 2. The molecule has 0 spiro atoms. The third-order valence-corrected chi connectivity index (χ3v) is 8.28. The first-order valence-electron chi connectivity index (χ1n) is 14.9. The summed E-state index contributed by atoms with van der Waals surface area (Å²) >= 11 is 0. The molecule has 4 aromatic rings. The van der Waals surface area contributed by atoms with E-state index in [4.69, 9.17) is 14.5 Å². The molecule has 5 rings (SSSR count). The maximum Gasteiger partial charge on any atom is 0.407 e. The van der Waals surface area contributed by atoms with Crippen molar-refractivity contribution in [1.82, 2.24) is 24.8 Å². The Hall–Kier alpha value is -4.77. The van der Waals surface area contributed by atoms with Gasteiger partial charge in [0.2, 0.25) is 5.95 Å². The van der Waals surface area contributed by atoms with E-state index < -0.39 is 12.0 Å². The number of carboxylic acid groups (broad SMARTS) is 1. The molecule has 45 heavy (non-hydrogen) atoms. The zero-order chi connectivity index (χ0) is 32.1. The van der Waals surface area contributed by atoms with Gasteiger partial charge in [0.1, 0.15) is 23.1 Å². The van der Waals surface area contributed by atoms with Crippen molar-refractivity contribution in [3.8, 4) is 22.8 Å². The number of aryl methyl sites for hydroxylation is 1. The molecule has 1 amide bonds. The highest BCUT2D eigenvalue weighted by Gasteiger charge is 2.30. The molecule has 2 aromatic carbocycles. The Morgan fingerprint density at radius 3 is 2.13 bits per heavy atom. The van der Waals surface area contributed by atoms with Crippen LogP contribution in [0.25, 0.3) is 11.3 Å². The van der Waals surface area contributed by atoms with E-state index in [0.717, 1.165) is 28.2 Å². The summed E-state index contributed by atoms with van der Waals surface area (Å²) in [7, 11) is 3.28. The van der Waals surface area contributed by atoms with Gasteiger partial charge in [0, 0.05) is 57.1 Å². The molecule has 0 aliphatic carbocycles. The Balaban J connectivity index is 1.47. The van der Waals surface area contributed by atoms with E-state index in [2.05, 4.69) is 19.8 Å². The highest BCUT2D eigenvalue weighted by molar-refractivity contribution is 5.65. The molecule has 1 aliphatic heterocycles. The molecule has 1 fully saturated rings. The van der Waals surface area contributed by atoms with Crippen LogP contribution in [0.5, 0.6) is 11.5 Å². The number of nitrogens with zero attached hydrogens (tertiary/aromatic N) is 6. The van der Waals surface area contributed by atoms with Gasteiger partial charge in [-0.1, -0.05) is 24.3 Å². The fourth-order valence-electron chi connectivity index (χ4n) is 5.76. The van der Waals surface area contributed by atoms with Gasteiger partial charge in [-0.25, -0.2) is 19.7 Å². The summed E-state index contributed by atoms with van der Waals surface area (Å²) < 4.78 is 26.1. The predicted octanol–water partition coefficient (Wildman–Crippen LogP) is 5.96. The number of methoxy groups -OCH3 is 2. The van der Waals surface area contributed by atoms with Gasteiger partial charge < -0.3 is 24.4 Å². The molecular weight excluding hydrogens is 575 g/mol. The van der Waals surface area contributed by atoms with Crippen LogP contribution in [0.2, 0.25) is 0 Å². The molecule has 10 nitrogen and oxygen atoms in total. The smallest absolute Gasteiger partial charge is 0.407 e. The van der Waals surface area contributed by atoms with Crippen LogP contribution in [-0.2, 0) is 13.1 Å². The van der Waals surface area contributed by atoms with Crippen molar-refractivity contribution >= 4 is 11.9 Å². The SMILES string of the molecule is COc1ccc(CN(Cc2ccc(OC)cc2)c2cc(-c3cc([C@@H](C)N4CCN(C(=O)O)C[C@@H]4C)cnc3F)nc(C)n2)cc1. The van der Waals surface area contributed by atoms with E-state index in [1.807, 2.05) is 68.4 Å². The van der Waals surface area contributed by atoms with Crippen molar-refractivity contribution < 1.29 is 23.8 Å². The van der Waals surface area contributed by atoms with Gasteiger partial charge in [-0.2, -0.15) is 4.39 Å². The lowest BCUT2D eigenvalue weighted by Crippen LogP contribution is -2.53. The minimum atomic E-state index is -0.914. The molecule has 1 aliphatic rings. The van der Waals surface area contributed by atoms with Gasteiger partial charge in [0.15, 0.2) is 0 Å². The number of aromatic nitrogens is 3. The summed E-state index contributed by atoms with van der Waals surface area (Å²) in [6.45, 7) is 8.33. The van der Waals surface area contributed by atoms with Crippen LogP contribution in [0.4, 0.5) is 15.0 Å². The Morgan fingerprint density at radius 1 is 1.00 bits per heavy atom. The van der Waals surface area contributed by atoms with Crippen LogP contribution in [-0.4, -0.2) is 75.8 Å². The number of piperazine rings is 1. The largest absolute Gasteiger partial charge is 0.497 e. The normalized spacial score (nSPS) is 15.9. The van der Waals surface area contributed by atoms with E-state index in [0.29, 0.717) is 50.1 Å². The number of anilines is 1. The zero-order valence-corrected chi connectivity index (χ0v) is 26.3. The molecule has 0 unspecified atom stereocenters. The summed E-state index contributed by atoms with van der Waals surface area (Å²) in [5.74, 6) is 2.09. The maximum atomic E-state index is 15.4. The number of rotatable bonds is 10. The molecule has 2 aromatic heterocycles. The second kappa shape index (κ2) is 13.9. The number of hydrogen-bond acceptors (Lipinski definition) is 8. The summed E-state index contributed by atoms with van der Waals surface area (Å²) in [4.78, 5) is 30.8. The van der Waals surface area contributed by atoms with Gasteiger partial charge in [0.05, 0.1) is 25.5 Å². The van der Waals surface area contributed by atoms with Gasteiger partial charge in [0.25, 0.3) is 0 Å². The number of pyridine rings is 1. The number of ether oxygens (including phenoxy) is 2. The van der Waals surface area contributed by atoms with Crippen LogP contribution in [0.3, 0.4) is 0 Å². The average Bonchev–Trinajstić information content (AvgIpc) is 3.04. The van der Waals surface area contributed by atoms with Crippen molar-refractivity contribution in [3.63, 3.8) is 0 Å². The van der Waals surface area contributed by atoms with Crippen molar-refractivity contribution in [2.24, 2.45) is 0 Å². The van der Waals surface area contributed by atoms with Gasteiger partial charge in [-0.05, 0) is 67.8 Å². The van der Waals surface area contributed by atoms with Crippen LogP contribution in [0, 0.1) is 12.9 Å². The summed E-state index contributed by atoms with van der Waals surface area (Å²) in [6.07, 6.45) is 0.636. The zero-order valence-electron chi connectivity index (χ0n) is 26.3. The van der Waals surface area contributed by atoms with Crippen LogP contribution in [0.1, 0.15) is 42.4 Å². The second-order valence-electron chi connectivity index (χ2n) is 11.3.